The molecule has 5 rings (SSSR count). The van der Waals surface area contributed by atoms with Gasteiger partial charge in [0.15, 0.2) is 12.6 Å². The van der Waals surface area contributed by atoms with Gasteiger partial charge in [-0.15, -0.1) is 0 Å². The lowest BCUT2D eigenvalue weighted by atomic mass is 10.1. The van der Waals surface area contributed by atoms with E-state index in [0.29, 0.717) is 41.0 Å². The molecule has 0 radical (unpaired) electrons. The lowest BCUT2D eigenvalue weighted by molar-refractivity contribution is -0.0165. The second-order valence-electron chi connectivity index (χ2n) is 7.07. The number of carbonyl (C=O) groups is 1. The van der Waals surface area contributed by atoms with Crippen molar-refractivity contribution in [2.45, 2.75) is 13.2 Å². The number of Topliss-reactive ketones (excluding diaryl/α,β-unsaturated/α-hetero) is 1. The number of allylic oxidation sites excluding steroid dienone is 1. The van der Waals surface area contributed by atoms with Gasteiger partial charge in [0.05, 0.1) is 12.2 Å². The number of rotatable bonds is 4. The molecular weight excluding hydrogens is 484 g/mol. The number of ketones is 1. The third kappa shape index (κ3) is 4.06. The van der Waals surface area contributed by atoms with E-state index in [0.717, 1.165) is 21.2 Å². The van der Waals surface area contributed by atoms with Crippen LogP contribution in [0.15, 0.2) is 64.8 Å². The van der Waals surface area contributed by atoms with Gasteiger partial charge in [-0.25, -0.2) is 0 Å². The number of fused-ring (bicyclic) bond motifs is 2. The summed E-state index contributed by atoms with van der Waals surface area (Å²) in [5.74, 6) is 1.79. The third-order valence-corrected chi connectivity index (χ3v) is 5.81. The summed E-state index contributed by atoms with van der Waals surface area (Å²) in [4.78, 5) is 12.9. The molecule has 0 aliphatic carbocycles. The van der Waals surface area contributed by atoms with Crippen molar-refractivity contribution < 1.29 is 23.7 Å². The standard InChI is InChI=1S/C24H16BrClO5/c25-17-7-15(24-16(8-17)11-28-13-30-24)9-22-23(27)19-6-5-18(10-21(19)31-22)29-12-14-3-1-2-4-20(14)26/h1-10H,11-13H2. The maximum atomic E-state index is 12.9. The van der Waals surface area contributed by atoms with Crippen molar-refractivity contribution in [3.63, 3.8) is 0 Å². The van der Waals surface area contributed by atoms with Crippen molar-refractivity contribution in [1.82, 2.24) is 0 Å². The lowest BCUT2D eigenvalue weighted by Crippen LogP contribution is -2.12. The van der Waals surface area contributed by atoms with E-state index in [1.54, 1.807) is 24.3 Å². The van der Waals surface area contributed by atoms with Gasteiger partial charge in [-0.1, -0.05) is 45.7 Å². The number of carbonyl (C=O) groups excluding carboxylic acids is 1. The summed E-state index contributed by atoms with van der Waals surface area (Å²) in [5, 5.41) is 0.644. The normalized spacial score (nSPS) is 15.8. The molecule has 31 heavy (non-hydrogen) atoms. The molecule has 2 aliphatic heterocycles. The van der Waals surface area contributed by atoms with Crippen LogP contribution in [0.25, 0.3) is 6.08 Å². The number of halogens is 2. The zero-order valence-electron chi connectivity index (χ0n) is 16.2. The van der Waals surface area contributed by atoms with Crippen molar-refractivity contribution in [2.24, 2.45) is 0 Å². The molecule has 0 fully saturated rings. The molecule has 7 heteroatoms. The minimum atomic E-state index is -0.187. The predicted octanol–water partition coefficient (Wildman–Crippen LogP) is 6.16. The van der Waals surface area contributed by atoms with Crippen LogP contribution in [0.2, 0.25) is 5.02 Å². The highest BCUT2D eigenvalue weighted by atomic mass is 79.9. The van der Waals surface area contributed by atoms with Crippen LogP contribution in [0.5, 0.6) is 17.2 Å². The molecule has 0 aromatic heterocycles. The zero-order chi connectivity index (χ0) is 21.4. The van der Waals surface area contributed by atoms with E-state index >= 15 is 0 Å². The average Bonchev–Trinajstić information content (AvgIpc) is 3.07. The molecule has 2 heterocycles. The fraction of sp³-hybridized carbons (Fsp3) is 0.125. The minimum absolute atomic E-state index is 0.173. The zero-order valence-corrected chi connectivity index (χ0v) is 18.5. The van der Waals surface area contributed by atoms with Crippen molar-refractivity contribution >= 4 is 39.4 Å². The summed E-state index contributed by atoms with van der Waals surface area (Å²) in [7, 11) is 0. The maximum absolute atomic E-state index is 12.9. The van der Waals surface area contributed by atoms with E-state index in [1.807, 2.05) is 36.4 Å². The Kier molecular flexibility index (Phi) is 5.44. The van der Waals surface area contributed by atoms with Gasteiger partial charge in [0.1, 0.15) is 23.9 Å². The quantitative estimate of drug-likeness (QED) is 0.402. The predicted molar refractivity (Wildman–Crippen MR) is 120 cm³/mol. The summed E-state index contributed by atoms with van der Waals surface area (Å²) < 4.78 is 23.6. The Morgan fingerprint density at radius 1 is 1.13 bits per heavy atom. The molecule has 2 aliphatic rings. The van der Waals surface area contributed by atoms with Gasteiger partial charge in [-0.3, -0.25) is 4.79 Å². The van der Waals surface area contributed by atoms with Crippen LogP contribution in [-0.4, -0.2) is 12.6 Å². The summed E-state index contributed by atoms with van der Waals surface area (Å²) in [6.45, 7) is 0.941. The Morgan fingerprint density at radius 3 is 2.87 bits per heavy atom. The number of benzene rings is 3. The molecule has 5 nitrogen and oxygen atoms in total. The van der Waals surface area contributed by atoms with Gasteiger partial charge in [-0.2, -0.15) is 0 Å². The molecule has 0 spiro atoms. The van der Waals surface area contributed by atoms with Crippen LogP contribution in [0, 0.1) is 0 Å². The van der Waals surface area contributed by atoms with Gasteiger partial charge in [-0.05, 0) is 36.4 Å². The van der Waals surface area contributed by atoms with Crippen LogP contribution < -0.4 is 14.2 Å². The maximum Gasteiger partial charge on any atom is 0.231 e. The van der Waals surface area contributed by atoms with Crippen molar-refractivity contribution in [1.29, 1.82) is 0 Å². The molecule has 0 N–H and O–H groups in total. The topological polar surface area (TPSA) is 54.0 Å². The first-order valence-corrected chi connectivity index (χ1v) is 10.7. The number of ether oxygens (including phenoxy) is 4. The average molecular weight is 500 g/mol. The molecule has 0 atom stereocenters. The van der Waals surface area contributed by atoms with E-state index in [1.165, 1.54) is 0 Å². The second kappa shape index (κ2) is 8.38. The fourth-order valence-electron chi connectivity index (χ4n) is 3.49. The third-order valence-electron chi connectivity index (χ3n) is 4.98. The van der Waals surface area contributed by atoms with Gasteiger partial charge in [0.25, 0.3) is 0 Å². The monoisotopic (exact) mass is 498 g/mol. The Labute approximate surface area is 192 Å². The van der Waals surface area contributed by atoms with Crippen LogP contribution >= 0.6 is 27.5 Å². The van der Waals surface area contributed by atoms with Crippen LogP contribution in [0.1, 0.15) is 27.0 Å². The Bertz CT molecular complexity index is 1220. The molecule has 156 valence electrons. The first kappa shape index (κ1) is 20.1. The van der Waals surface area contributed by atoms with E-state index in [4.69, 9.17) is 30.5 Å². The SMILES string of the molecule is O=C1C(=Cc2cc(Br)cc3c2OCOC3)Oc2cc(OCc3ccccc3Cl)ccc21. The number of hydrogen-bond donors (Lipinski definition) is 0. The van der Waals surface area contributed by atoms with Gasteiger partial charge in [0.2, 0.25) is 5.78 Å². The highest BCUT2D eigenvalue weighted by Gasteiger charge is 2.28. The first-order chi connectivity index (χ1) is 15.1. The van der Waals surface area contributed by atoms with Gasteiger partial charge < -0.3 is 18.9 Å². The summed E-state index contributed by atoms with van der Waals surface area (Å²) in [6.07, 6.45) is 1.70. The molecule has 0 unspecified atom stereocenters. The van der Waals surface area contributed by atoms with Crippen molar-refractivity contribution in [3.8, 4) is 17.2 Å². The molecule has 0 saturated heterocycles. The van der Waals surface area contributed by atoms with Crippen LogP contribution in [-0.2, 0) is 18.0 Å². The molecular formula is C24H16BrClO5. The highest BCUT2D eigenvalue weighted by Crippen LogP contribution is 2.38. The van der Waals surface area contributed by atoms with Gasteiger partial charge >= 0.3 is 0 Å². The van der Waals surface area contributed by atoms with E-state index in [2.05, 4.69) is 15.9 Å². The molecule has 0 saturated carbocycles. The Balaban J connectivity index is 1.39. The number of hydrogen-bond acceptors (Lipinski definition) is 5. The van der Waals surface area contributed by atoms with E-state index in [9.17, 15) is 4.79 Å². The minimum Gasteiger partial charge on any atom is -0.489 e. The fourth-order valence-corrected chi connectivity index (χ4v) is 4.20. The second-order valence-corrected chi connectivity index (χ2v) is 8.39. The van der Waals surface area contributed by atoms with Crippen molar-refractivity contribution in [2.75, 3.05) is 6.79 Å². The first-order valence-electron chi connectivity index (χ1n) is 9.56. The summed E-state index contributed by atoms with van der Waals surface area (Å²) in [5.41, 5.74) is 3.03. The summed E-state index contributed by atoms with van der Waals surface area (Å²) >= 11 is 9.68. The molecule has 3 aromatic carbocycles. The summed E-state index contributed by atoms with van der Waals surface area (Å²) in [6, 6.07) is 16.5. The van der Waals surface area contributed by atoms with Crippen LogP contribution in [0.3, 0.4) is 0 Å². The molecule has 0 amide bonds. The van der Waals surface area contributed by atoms with Gasteiger partial charge in [0, 0.05) is 32.3 Å². The van der Waals surface area contributed by atoms with Crippen molar-refractivity contribution in [3.05, 3.63) is 92.1 Å². The lowest BCUT2D eigenvalue weighted by Gasteiger charge is -2.20. The van der Waals surface area contributed by atoms with Crippen LogP contribution in [0.4, 0.5) is 0 Å². The Hall–Kier alpha value is -2.80. The highest BCUT2D eigenvalue weighted by molar-refractivity contribution is 9.10. The molecule has 3 aromatic rings. The van der Waals surface area contributed by atoms with E-state index in [-0.39, 0.29) is 18.3 Å². The van der Waals surface area contributed by atoms with E-state index < -0.39 is 0 Å². The Morgan fingerprint density at radius 2 is 2.00 bits per heavy atom. The smallest absolute Gasteiger partial charge is 0.231 e. The molecule has 0 bridgehead atoms. The largest absolute Gasteiger partial charge is 0.489 e.